The van der Waals surface area contributed by atoms with Crippen LogP contribution in [-0.4, -0.2) is 37.7 Å². The molecule has 0 unspecified atom stereocenters. The van der Waals surface area contributed by atoms with E-state index >= 15 is 0 Å². The molecule has 0 aliphatic heterocycles. The van der Waals surface area contributed by atoms with Crippen molar-refractivity contribution in [2.24, 2.45) is 5.73 Å². The molecule has 68 valence electrons. The van der Waals surface area contributed by atoms with Crippen LogP contribution in [0.25, 0.3) is 0 Å². The van der Waals surface area contributed by atoms with Crippen molar-refractivity contribution in [3.05, 3.63) is 0 Å². The van der Waals surface area contributed by atoms with E-state index in [0.29, 0.717) is 5.54 Å². The molecule has 0 aliphatic rings. The minimum absolute atomic E-state index is 0.347. The molecule has 0 atom stereocenters. The molecule has 0 saturated heterocycles. The molecule has 0 aliphatic carbocycles. The van der Waals surface area contributed by atoms with Crippen LogP contribution in [0.2, 0.25) is 0 Å². The van der Waals surface area contributed by atoms with E-state index in [0.717, 1.165) is 17.4 Å². The summed E-state index contributed by atoms with van der Waals surface area (Å²) in [6, 6.07) is 0. The van der Waals surface area contributed by atoms with Crippen LogP contribution in [0.5, 0.6) is 0 Å². The van der Waals surface area contributed by atoms with Gasteiger partial charge < -0.3 is 10.2 Å². The first kappa shape index (κ1) is 10.9. The van der Waals surface area contributed by atoms with Gasteiger partial charge in [-0.15, -0.1) is 0 Å². The van der Waals surface area contributed by atoms with E-state index in [1.54, 1.807) is 0 Å². The van der Waals surface area contributed by atoms with Crippen LogP contribution in [0, 0.1) is 0 Å². The van der Waals surface area contributed by atoms with E-state index in [1.807, 2.05) is 0 Å². The van der Waals surface area contributed by atoms with Gasteiger partial charge in [0.25, 0.3) is 0 Å². The molecule has 0 fully saturated rings. The normalized spacial score (nSPS) is 13.6. The van der Waals surface area contributed by atoms with Gasteiger partial charge in [0.2, 0.25) is 0 Å². The predicted molar refractivity (Wildman–Crippen MR) is 50.4 cm³/mol. The van der Waals surface area contributed by atoms with Crippen LogP contribution < -0.4 is 5.73 Å². The first-order valence-electron chi connectivity index (χ1n) is 4.33. The summed E-state index contributed by atoms with van der Waals surface area (Å²) in [5.41, 5.74) is 5.82. The van der Waals surface area contributed by atoms with Crippen molar-refractivity contribution in [2.45, 2.75) is 32.2 Å². The predicted octanol–water partition coefficient (Wildman–Crippen LogP) is 1.21. The fourth-order valence-corrected chi connectivity index (χ4v) is 0.870. The number of hydrogen-bond acceptors (Lipinski definition) is 1. The maximum atomic E-state index is 5.47. The Labute approximate surface area is 71.0 Å². The fourth-order valence-electron chi connectivity index (χ4n) is 0.870. The number of hydrogen-bond donors (Lipinski definition) is 1. The zero-order chi connectivity index (χ0) is 9.12. The van der Waals surface area contributed by atoms with Crippen molar-refractivity contribution in [3.8, 4) is 0 Å². The van der Waals surface area contributed by atoms with E-state index in [4.69, 9.17) is 5.73 Å². The Morgan fingerprint density at radius 3 is 1.91 bits per heavy atom. The van der Waals surface area contributed by atoms with Crippen molar-refractivity contribution in [1.82, 2.24) is 0 Å². The van der Waals surface area contributed by atoms with Gasteiger partial charge >= 0.3 is 0 Å². The van der Waals surface area contributed by atoms with Crippen molar-refractivity contribution in [2.75, 3.05) is 27.7 Å². The molecule has 0 heterocycles. The lowest BCUT2D eigenvalue weighted by Gasteiger charge is -2.41. The second-order valence-electron chi connectivity index (χ2n) is 4.72. The summed E-state index contributed by atoms with van der Waals surface area (Å²) in [4.78, 5) is 0. The molecule has 0 aromatic heterocycles. The molecular formula is C9H23N2+. The minimum Gasteiger partial charge on any atom is -0.330 e. The monoisotopic (exact) mass is 159 g/mol. The quantitative estimate of drug-likeness (QED) is 0.613. The summed E-state index contributed by atoms with van der Waals surface area (Å²) >= 11 is 0. The Morgan fingerprint density at radius 2 is 1.64 bits per heavy atom. The lowest BCUT2D eigenvalue weighted by molar-refractivity contribution is -0.920. The van der Waals surface area contributed by atoms with Gasteiger partial charge in [0, 0.05) is 6.42 Å². The molecular weight excluding hydrogens is 136 g/mol. The maximum Gasteiger partial charge on any atom is 0.0929 e. The van der Waals surface area contributed by atoms with E-state index in [1.165, 1.54) is 6.42 Å². The number of nitrogens with two attached hydrogens (primary N) is 1. The van der Waals surface area contributed by atoms with Gasteiger partial charge in [-0.05, 0) is 26.8 Å². The van der Waals surface area contributed by atoms with Crippen LogP contribution in [0.4, 0.5) is 0 Å². The molecule has 0 aromatic rings. The van der Waals surface area contributed by atoms with Gasteiger partial charge in [-0.25, -0.2) is 0 Å². The Morgan fingerprint density at radius 1 is 1.18 bits per heavy atom. The SMILES string of the molecule is CC(C)(CCCN)[N+](C)(C)C. The van der Waals surface area contributed by atoms with Crippen molar-refractivity contribution >= 4 is 0 Å². The van der Waals surface area contributed by atoms with Gasteiger partial charge in [-0.3, -0.25) is 0 Å². The van der Waals surface area contributed by atoms with Crippen molar-refractivity contribution < 1.29 is 4.48 Å². The van der Waals surface area contributed by atoms with Gasteiger partial charge in [0.05, 0.1) is 26.7 Å². The van der Waals surface area contributed by atoms with Gasteiger partial charge in [0.15, 0.2) is 0 Å². The number of rotatable bonds is 4. The van der Waals surface area contributed by atoms with Crippen LogP contribution in [0.1, 0.15) is 26.7 Å². The topological polar surface area (TPSA) is 26.0 Å². The standard InChI is InChI=1S/C9H23N2/c1-9(2,7-6-8-10)11(3,4)5/h6-8,10H2,1-5H3/q+1. The molecule has 0 amide bonds. The molecule has 0 saturated carbocycles. The van der Waals surface area contributed by atoms with Crippen molar-refractivity contribution in [1.29, 1.82) is 0 Å². The van der Waals surface area contributed by atoms with Crippen molar-refractivity contribution in [3.63, 3.8) is 0 Å². The second kappa shape index (κ2) is 3.55. The average molecular weight is 159 g/mol. The van der Waals surface area contributed by atoms with Crippen LogP contribution in [0.15, 0.2) is 0 Å². The zero-order valence-electron chi connectivity index (χ0n) is 8.65. The fraction of sp³-hybridized carbons (Fsp3) is 1.00. The van der Waals surface area contributed by atoms with Gasteiger partial charge in [0.1, 0.15) is 0 Å². The third-order valence-corrected chi connectivity index (χ3v) is 2.81. The number of nitrogens with zero attached hydrogens (tertiary/aromatic N) is 1. The van der Waals surface area contributed by atoms with E-state index in [-0.39, 0.29) is 0 Å². The largest absolute Gasteiger partial charge is 0.330 e. The van der Waals surface area contributed by atoms with E-state index in [9.17, 15) is 0 Å². The summed E-state index contributed by atoms with van der Waals surface area (Å²) in [7, 11) is 6.70. The smallest absolute Gasteiger partial charge is 0.0929 e. The Hall–Kier alpha value is -0.0800. The molecule has 11 heavy (non-hydrogen) atoms. The lowest BCUT2D eigenvalue weighted by Crippen LogP contribution is -2.53. The zero-order valence-corrected chi connectivity index (χ0v) is 8.65. The highest BCUT2D eigenvalue weighted by Crippen LogP contribution is 2.22. The first-order valence-corrected chi connectivity index (χ1v) is 4.33. The third-order valence-electron chi connectivity index (χ3n) is 2.81. The molecule has 2 nitrogen and oxygen atoms in total. The van der Waals surface area contributed by atoms with Crippen LogP contribution in [0.3, 0.4) is 0 Å². The molecule has 0 bridgehead atoms. The molecule has 0 radical (unpaired) electrons. The first-order chi connectivity index (χ1) is 4.81. The van der Waals surface area contributed by atoms with Crippen LogP contribution in [-0.2, 0) is 0 Å². The summed E-state index contributed by atoms with van der Waals surface area (Å²) in [6.07, 6.45) is 2.33. The molecule has 0 aromatic carbocycles. The van der Waals surface area contributed by atoms with E-state index < -0.39 is 0 Å². The molecule has 0 spiro atoms. The second-order valence-corrected chi connectivity index (χ2v) is 4.72. The van der Waals surface area contributed by atoms with Crippen LogP contribution >= 0.6 is 0 Å². The highest BCUT2D eigenvalue weighted by molar-refractivity contribution is 4.68. The molecule has 2 N–H and O–H groups in total. The Balaban J connectivity index is 4.00. The molecule has 2 heteroatoms. The van der Waals surface area contributed by atoms with Gasteiger partial charge in [-0.2, -0.15) is 0 Å². The summed E-state index contributed by atoms with van der Waals surface area (Å²) < 4.78 is 1.01. The lowest BCUT2D eigenvalue weighted by atomic mass is 9.95. The van der Waals surface area contributed by atoms with E-state index in [2.05, 4.69) is 35.0 Å². The average Bonchev–Trinajstić information content (AvgIpc) is 1.81. The number of quaternary nitrogens is 1. The third kappa shape index (κ3) is 3.21. The Kier molecular flexibility index (Phi) is 3.52. The Bertz CT molecular complexity index is 111. The minimum atomic E-state index is 0.347. The summed E-state index contributed by atoms with van der Waals surface area (Å²) in [5, 5.41) is 0. The highest BCUT2D eigenvalue weighted by atomic mass is 15.3. The highest BCUT2D eigenvalue weighted by Gasteiger charge is 2.31. The maximum absolute atomic E-state index is 5.47. The summed E-state index contributed by atoms with van der Waals surface area (Å²) in [6.45, 7) is 5.40. The summed E-state index contributed by atoms with van der Waals surface area (Å²) in [5.74, 6) is 0. The molecule has 0 rings (SSSR count). The van der Waals surface area contributed by atoms with Gasteiger partial charge in [-0.1, -0.05) is 0 Å².